The van der Waals surface area contributed by atoms with Crippen molar-refractivity contribution in [2.24, 2.45) is 0 Å². The summed E-state index contributed by atoms with van der Waals surface area (Å²) in [5.74, 6) is -2.52. The number of anilines is 1. The minimum absolute atomic E-state index is 0.164. The van der Waals surface area contributed by atoms with Gasteiger partial charge in [0.05, 0.1) is 23.7 Å². The lowest BCUT2D eigenvalue weighted by Gasteiger charge is -2.26. The Labute approximate surface area is 204 Å². The van der Waals surface area contributed by atoms with Gasteiger partial charge < -0.3 is 14.4 Å². The zero-order valence-corrected chi connectivity index (χ0v) is 20.6. The van der Waals surface area contributed by atoms with Crippen LogP contribution in [0.4, 0.5) is 10.1 Å². The number of ether oxygens (including phenoxy) is 2. The lowest BCUT2D eigenvalue weighted by molar-refractivity contribution is -0.117. The molecular weight excluding hydrogens is 475 g/mol. The Morgan fingerprint density at radius 2 is 1.83 bits per heavy atom. The van der Waals surface area contributed by atoms with Gasteiger partial charge in [-0.2, -0.15) is 4.31 Å². The first-order valence-electron chi connectivity index (χ1n) is 11.2. The molecule has 2 heterocycles. The minimum Gasteiger partial charge on any atom is -0.454 e. The number of nitrogens with zero attached hydrogens (tertiary/aromatic N) is 2. The average molecular weight is 503 g/mol. The van der Waals surface area contributed by atoms with E-state index in [0.717, 1.165) is 35.1 Å². The lowest BCUT2D eigenvalue weighted by atomic mass is 9.83. The van der Waals surface area contributed by atoms with Crippen LogP contribution in [0.5, 0.6) is 0 Å². The molecule has 2 aliphatic rings. The van der Waals surface area contributed by atoms with Gasteiger partial charge in [-0.05, 0) is 29.8 Å². The number of hydrogen-bond donors (Lipinski definition) is 0. The zero-order chi connectivity index (χ0) is 25.4. The summed E-state index contributed by atoms with van der Waals surface area (Å²) >= 11 is 0. The van der Waals surface area contributed by atoms with E-state index in [0.29, 0.717) is 0 Å². The van der Waals surface area contributed by atoms with Gasteiger partial charge in [-0.25, -0.2) is 17.6 Å². The normalized spacial score (nSPS) is 19.0. The van der Waals surface area contributed by atoms with Crippen molar-refractivity contribution < 1.29 is 31.9 Å². The molecule has 4 rings (SSSR count). The lowest BCUT2D eigenvalue weighted by Crippen LogP contribution is -2.40. The van der Waals surface area contributed by atoms with Crippen LogP contribution in [0.15, 0.2) is 59.1 Å². The standard InChI is InChI=1S/C25H27FN2O6S/c1-25(2)20-6-4-5-7-22(20)27(3)23(25)14-17(29)16-34-24(30)19-15-18(8-9-21(19)26)35(31,32)28-10-12-33-13-11-28/h4-9,14-15H,10-13,16H2,1-3H3/b23-14-. The van der Waals surface area contributed by atoms with Crippen LogP contribution in [0, 0.1) is 5.82 Å². The Hall–Kier alpha value is -3.08. The smallest absolute Gasteiger partial charge is 0.341 e. The molecule has 0 aliphatic carbocycles. The largest absolute Gasteiger partial charge is 0.454 e. The van der Waals surface area contributed by atoms with Crippen LogP contribution in [-0.2, 0) is 29.7 Å². The number of rotatable bonds is 6. The minimum atomic E-state index is -3.93. The summed E-state index contributed by atoms with van der Waals surface area (Å²) in [5.41, 5.74) is 1.81. The summed E-state index contributed by atoms with van der Waals surface area (Å²) in [7, 11) is -2.07. The van der Waals surface area contributed by atoms with Gasteiger partial charge in [-0.15, -0.1) is 0 Å². The third kappa shape index (κ3) is 4.73. The van der Waals surface area contributed by atoms with E-state index in [1.54, 1.807) is 0 Å². The third-order valence-electron chi connectivity index (χ3n) is 6.35. The van der Waals surface area contributed by atoms with Crippen molar-refractivity contribution in [2.75, 3.05) is 44.9 Å². The number of carbonyl (C=O) groups excluding carboxylic acids is 2. The van der Waals surface area contributed by atoms with Crippen molar-refractivity contribution in [1.29, 1.82) is 0 Å². The predicted octanol–water partition coefficient (Wildman–Crippen LogP) is 2.88. The van der Waals surface area contributed by atoms with E-state index < -0.39 is 45.2 Å². The van der Waals surface area contributed by atoms with Gasteiger partial charge in [0.25, 0.3) is 0 Å². The van der Waals surface area contributed by atoms with Gasteiger partial charge in [0.15, 0.2) is 12.4 Å². The van der Waals surface area contributed by atoms with Crippen LogP contribution < -0.4 is 4.90 Å². The number of para-hydroxylation sites is 1. The molecule has 35 heavy (non-hydrogen) atoms. The number of morpholine rings is 1. The molecular formula is C25H27FN2O6S. The number of fused-ring (bicyclic) bond motifs is 1. The first-order valence-corrected chi connectivity index (χ1v) is 12.6. The molecule has 0 saturated carbocycles. The molecule has 1 fully saturated rings. The fourth-order valence-corrected chi connectivity index (χ4v) is 5.86. The number of likely N-dealkylation sites (N-methyl/N-ethyl adjacent to an activating group) is 1. The molecule has 0 atom stereocenters. The molecule has 8 nitrogen and oxygen atoms in total. The van der Waals surface area contributed by atoms with Crippen molar-refractivity contribution in [2.45, 2.75) is 24.2 Å². The number of benzene rings is 2. The number of sulfonamides is 1. The van der Waals surface area contributed by atoms with Crippen molar-refractivity contribution in [1.82, 2.24) is 4.31 Å². The van der Waals surface area contributed by atoms with Gasteiger partial charge in [0, 0.05) is 43.0 Å². The molecule has 0 unspecified atom stereocenters. The highest BCUT2D eigenvalue weighted by Gasteiger charge is 2.38. The van der Waals surface area contributed by atoms with Gasteiger partial charge in [-0.1, -0.05) is 32.0 Å². The fourth-order valence-electron chi connectivity index (χ4n) is 4.42. The second-order valence-electron chi connectivity index (χ2n) is 8.93. The molecule has 0 radical (unpaired) electrons. The first kappa shape index (κ1) is 25.0. The monoisotopic (exact) mass is 502 g/mol. The molecule has 10 heteroatoms. The summed E-state index contributed by atoms with van der Waals surface area (Å²) in [6.07, 6.45) is 1.42. The summed E-state index contributed by atoms with van der Waals surface area (Å²) in [6, 6.07) is 10.8. The Morgan fingerprint density at radius 1 is 1.14 bits per heavy atom. The number of allylic oxidation sites excluding steroid dienone is 1. The van der Waals surface area contributed by atoms with Crippen LogP contribution in [-0.4, -0.2) is 64.4 Å². The van der Waals surface area contributed by atoms with Crippen molar-refractivity contribution >= 4 is 27.5 Å². The van der Waals surface area contributed by atoms with Gasteiger partial charge in [-0.3, -0.25) is 4.79 Å². The molecule has 0 amide bonds. The number of halogens is 1. The van der Waals surface area contributed by atoms with Crippen LogP contribution in [0.25, 0.3) is 0 Å². The van der Waals surface area contributed by atoms with E-state index in [9.17, 15) is 22.4 Å². The fraction of sp³-hybridized carbons (Fsp3) is 0.360. The van der Waals surface area contributed by atoms with E-state index >= 15 is 0 Å². The van der Waals surface area contributed by atoms with Crippen LogP contribution >= 0.6 is 0 Å². The second kappa shape index (κ2) is 9.52. The molecule has 2 aliphatic heterocycles. The quantitative estimate of drug-likeness (QED) is 0.443. The van der Waals surface area contributed by atoms with Crippen molar-refractivity contribution in [3.05, 3.63) is 71.2 Å². The highest BCUT2D eigenvalue weighted by Crippen LogP contribution is 2.46. The van der Waals surface area contributed by atoms with E-state index in [4.69, 9.17) is 9.47 Å². The molecule has 2 aromatic rings. The van der Waals surface area contributed by atoms with Crippen molar-refractivity contribution in [3.63, 3.8) is 0 Å². The third-order valence-corrected chi connectivity index (χ3v) is 8.24. The molecule has 0 spiro atoms. The topological polar surface area (TPSA) is 93.2 Å². The van der Waals surface area contributed by atoms with Crippen molar-refractivity contribution in [3.8, 4) is 0 Å². The van der Waals surface area contributed by atoms with Gasteiger partial charge in [0.1, 0.15) is 5.82 Å². The number of ketones is 1. The summed E-state index contributed by atoms with van der Waals surface area (Å²) in [6.45, 7) is 4.22. The highest BCUT2D eigenvalue weighted by atomic mass is 32.2. The predicted molar refractivity (Wildman–Crippen MR) is 127 cm³/mol. The molecule has 0 N–H and O–H groups in total. The zero-order valence-electron chi connectivity index (χ0n) is 19.8. The van der Waals surface area contributed by atoms with E-state index in [1.807, 2.05) is 50.1 Å². The summed E-state index contributed by atoms with van der Waals surface area (Å²) in [5, 5.41) is 0. The maximum absolute atomic E-state index is 14.4. The highest BCUT2D eigenvalue weighted by molar-refractivity contribution is 7.89. The SMILES string of the molecule is CN1/C(=C\C(=O)COC(=O)c2cc(S(=O)(=O)N3CCOCC3)ccc2F)C(C)(C)c2ccccc21. The molecule has 0 bridgehead atoms. The number of hydrogen-bond acceptors (Lipinski definition) is 7. The molecule has 186 valence electrons. The number of carbonyl (C=O) groups is 2. The Bertz CT molecular complexity index is 1300. The van der Waals surface area contributed by atoms with E-state index in [1.165, 1.54) is 10.4 Å². The van der Waals surface area contributed by atoms with Crippen LogP contribution in [0.1, 0.15) is 29.8 Å². The first-order chi connectivity index (χ1) is 16.5. The Kier molecular flexibility index (Phi) is 6.81. The number of esters is 1. The van der Waals surface area contributed by atoms with Gasteiger partial charge >= 0.3 is 5.97 Å². The van der Waals surface area contributed by atoms with Crippen LogP contribution in [0.3, 0.4) is 0 Å². The Balaban J connectivity index is 1.48. The summed E-state index contributed by atoms with van der Waals surface area (Å²) < 4.78 is 51.5. The van der Waals surface area contributed by atoms with Gasteiger partial charge in [0.2, 0.25) is 10.0 Å². The summed E-state index contributed by atoms with van der Waals surface area (Å²) in [4.78, 5) is 26.9. The Morgan fingerprint density at radius 3 is 2.51 bits per heavy atom. The molecule has 0 aromatic heterocycles. The second-order valence-corrected chi connectivity index (χ2v) is 10.9. The maximum atomic E-state index is 14.4. The van der Waals surface area contributed by atoms with E-state index in [-0.39, 0.29) is 31.2 Å². The maximum Gasteiger partial charge on any atom is 0.341 e. The van der Waals surface area contributed by atoms with Crippen LogP contribution in [0.2, 0.25) is 0 Å². The van der Waals surface area contributed by atoms with E-state index in [2.05, 4.69) is 0 Å². The average Bonchev–Trinajstić information content (AvgIpc) is 3.04. The molecule has 1 saturated heterocycles. The molecule has 2 aromatic carbocycles.